The molecule has 5 heteroatoms. The zero-order valence-corrected chi connectivity index (χ0v) is 13.2. The van der Waals surface area contributed by atoms with Crippen molar-refractivity contribution in [2.24, 2.45) is 0 Å². The molecule has 1 fully saturated rings. The van der Waals surface area contributed by atoms with Crippen LogP contribution in [0.2, 0.25) is 0 Å². The van der Waals surface area contributed by atoms with E-state index in [9.17, 15) is 5.11 Å². The molecule has 1 saturated heterocycles. The summed E-state index contributed by atoms with van der Waals surface area (Å²) >= 11 is 0. The van der Waals surface area contributed by atoms with Gasteiger partial charge in [-0.2, -0.15) is 0 Å². The van der Waals surface area contributed by atoms with Crippen molar-refractivity contribution in [1.82, 2.24) is 14.9 Å². The first-order valence-corrected chi connectivity index (χ1v) is 7.28. The molecule has 1 aliphatic heterocycles. The number of piperazine rings is 1. The van der Waals surface area contributed by atoms with Gasteiger partial charge in [0.1, 0.15) is 11.6 Å². The highest BCUT2D eigenvalue weighted by molar-refractivity contribution is 5.41. The summed E-state index contributed by atoms with van der Waals surface area (Å²) < 4.78 is 0. The topological polar surface area (TPSA) is 52.5 Å². The highest BCUT2D eigenvalue weighted by Crippen LogP contribution is 2.20. The van der Waals surface area contributed by atoms with Crippen molar-refractivity contribution in [3.05, 3.63) is 17.6 Å². The Morgan fingerprint density at radius 3 is 2.55 bits per heavy atom. The maximum absolute atomic E-state index is 9.94. The van der Waals surface area contributed by atoms with Gasteiger partial charge in [0, 0.05) is 44.0 Å². The van der Waals surface area contributed by atoms with E-state index < -0.39 is 5.60 Å². The first-order valence-electron chi connectivity index (χ1n) is 7.28. The Balaban J connectivity index is 2.06. The lowest BCUT2D eigenvalue weighted by atomic mass is 10.1. The van der Waals surface area contributed by atoms with Gasteiger partial charge in [0.25, 0.3) is 0 Å². The highest BCUT2D eigenvalue weighted by atomic mass is 16.3. The van der Waals surface area contributed by atoms with Gasteiger partial charge in [-0.1, -0.05) is 0 Å². The van der Waals surface area contributed by atoms with Crippen molar-refractivity contribution in [1.29, 1.82) is 0 Å². The third-order valence-electron chi connectivity index (χ3n) is 3.57. The molecule has 1 aromatic rings. The van der Waals surface area contributed by atoms with E-state index in [2.05, 4.69) is 32.8 Å². The summed E-state index contributed by atoms with van der Waals surface area (Å²) in [6.07, 6.45) is 0. The van der Waals surface area contributed by atoms with E-state index in [1.54, 1.807) is 0 Å². The second-order valence-corrected chi connectivity index (χ2v) is 6.50. The molecule has 0 aromatic carbocycles. The molecule has 1 atom stereocenters. The Labute approximate surface area is 121 Å². The van der Waals surface area contributed by atoms with Gasteiger partial charge in [0.15, 0.2) is 0 Å². The Bertz CT molecular complexity index is 449. The lowest BCUT2D eigenvalue weighted by molar-refractivity contribution is 0.0307. The number of β-amino-alcohol motifs (C(OH)–C–C–N with tert-alkyl or cyclic N) is 1. The fraction of sp³-hybridized carbons (Fsp3) is 0.733. The van der Waals surface area contributed by atoms with E-state index in [0.29, 0.717) is 12.6 Å². The predicted octanol–water partition coefficient (Wildman–Crippen LogP) is 1.37. The van der Waals surface area contributed by atoms with Gasteiger partial charge in [-0.15, -0.1) is 0 Å². The van der Waals surface area contributed by atoms with Gasteiger partial charge in [-0.05, 0) is 34.6 Å². The quantitative estimate of drug-likeness (QED) is 0.905. The Morgan fingerprint density at radius 2 is 2.00 bits per heavy atom. The van der Waals surface area contributed by atoms with Crippen LogP contribution in [0, 0.1) is 13.8 Å². The number of aliphatic hydroxyl groups is 1. The average Bonchev–Trinajstić information content (AvgIpc) is 2.25. The van der Waals surface area contributed by atoms with Gasteiger partial charge in [-0.25, -0.2) is 9.97 Å². The molecule has 0 radical (unpaired) electrons. The fourth-order valence-corrected chi connectivity index (χ4v) is 2.91. The van der Waals surface area contributed by atoms with Crippen LogP contribution in [0.25, 0.3) is 0 Å². The molecular formula is C15H26N4O. The van der Waals surface area contributed by atoms with Crippen LogP contribution in [0.5, 0.6) is 0 Å². The summed E-state index contributed by atoms with van der Waals surface area (Å²) in [6.45, 7) is 13.4. The van der Waals surface area contributed by atoms with Crippen LogP contribution in [-0.4, -0.2) is 57.8 Å². The maximum Gasteiger partial charge on any atom is 0.132 e. The molecular weight excluding hydrogens is 252 g/mol. The summed E-state index contributed by atoms with van der Waals surface area (Å²) in [7, 11) is 0. The first-order chi connectivity index (χ1) is 9.24. The SMILES string of the molecule is Cc1cc(N2CCN(CC(C)(C)O)CC2C)nc(C)n1. The average molecular weight is 278 g/mol. The number of hydrogen-bond acceptors (Lipinski definition) is 5. The lowest BCUT2D eigenvalue weighted by Gasteiger charge is -2.42. The summed E-state index contributed by atoms with van der Waals surface area (Å²) in [5, 5.41) is 9.94. The molecule has 1 unspecified atom stereocenters. The minimum Gasteiger partial charge on any atom is -0.389 e. The van der Waals surface area contributed by atoms with Crippen LogP contribution in [0.15, 0.2) is 6.07 Å². The molecule has 0 spiro atoms. The monoisotopic (exact) mass is 278 g/mol. The smallest absolute Gasteiger partial charge is 0.132 e. The van der Waals surface area contributed by atoms with E-state index in [1.165, 1.54) is 0 Å². The van der Waals surface area contributed by atoms with Gasteiger partial charge < -0.3 is 10.0 Å². The zero-order chi connectivity index (χ0) is 14.9. The number of anilines is 1. The molecule has 0 aliphatic carbocycles. The Hall–Kier alpha value is -1.20. The van der Waals surface area contributed by atoms with Crippen molar-refractivity contribution in [3.63, 3.8) is 0 Å². The van der Waals surface area contributed by atoms with Crippen LogP contribution in [-0.2, 0) is 0 Å². The first kappa shape index (κ1) is 15.2. The number of hydrogen-bond donors (Lipinski definition) is 1. The zero-order valence-electron chi connectivity index (χ0n) is 13.2. The predicted molar refractivity (Wildman–Crippen MR) is 81.1 cm³/mol. The minimum atomic E-state index is -0.635. The van der Waals surface area contributed by atoms with Gasteiger partial charge in [0.2, 0.25) is 0 Å². The van der Waals surface area contributed by atoms with Crippen LogP contribution >= 0.6 is 0 Å². The Morgan fingerprint density at radius 1 is 1.30 bits per heavy atom. The van der Waals surface area contributed by atoms with Crippen molar-refractivity contribution in [2.45, 2.75) is 46.3 Å². The molecule has 0 bridgehead atoms. The molecule has 112 valence electrons. The number of rotatable bonds is 3. The van der Waals surface area contributed by atoms with Crippen LogP contribution in [0.4, 0.5) is 5.82 Å². The molecule has 0 amide bonds. The van der Waals surface area contributed by atoms with Crippen LogP contribution < -0.4 is 4.90 Å². The van der Waals surface area contributed by atoms with Crippen LogP contribution in [0.1, 0.15) is 32.3 Å². The summed E-state index contributed by atoms with van der Waals surface area (Å²) in [5.74, 6) is 1.84. The fourth-order valence-electron chi connectivity index (χ4n) is 2.91. The van der Waals surface area contributed by atoms with Crippen molar-refractivity contribution in [2.75, 3.05) is 31.1 Å². The standard InChI is InChI=1S/C15H26N4O/c1-11-8-14(17-13(3)16-11)19-7-6-18(9-12(19)2)10-15(4,5)20/h8,12,20H,6-7,9-10H2,1-5H3. The third kappa shape index (κ3) is 3.90. The molecule has 1 aliphatic rings. The normalized spacial score (nSPS) is 21.3. The minimum absolute atomic E-state index is 0.389. The summed E-state index contributed by atoms with van der Waals surface area (Å²) in [6, 6.07) is 2.44. The number of aryl methyl sites for hydroxylation is 2. The van der Waals surface area contributed by atoms with Gasteiger partial charge >= 0.3 is 0 Å². The van der Waals surface area contributed by atoms with E-state index in [-0.39, 0.29) is 0 Å². The van der Waals surface area contributed by atoms with Gasteiger partial charge in [-0.3, -0.25) is 4.90 Å². The van der Waals surface area contributed by atoms with Gasteiger partial charge in [0.05, 0.1) is 5.60 Å². The molecule has 5 nitrogen and oxygen atoms in total. The third-order valence-corrected chi connectivity index (χ3v) is 3.57. The second-order valence-electron chi connectivity index (χ2n) is 6.50. The van der Waals surface area contributed by atoms with E-state index in [4.69, 9.17) is 0 Å². The molecule has 2 heterocycles. The highest BCUT2D eigenvalue weighted by Gasteiger charge is 2.28. The lowest BCUT2D eigenvalue weighted by Crippen LogP contribution is -2.55. The van der Waals surface area contributed by atoms with Crippen molar-refractivity contribution < 1.29 is 5.11 Å². The van der Waals surface area contributed by atoms with E-state index in [1.807, 2.05) is 27.7 Å². The van der Waals surface area contributed by atoms with E-state index in [0.717, 1.165) is 37.0 Å². The summed E-state index contributed by atoms with van der Waals surface area (Å²) in [5.41, 5.74) is 0.378. The van der Waals surface area contributed by atoms with Crippen molar-refractivity contribution >= 4 is 5.82 Å². The molecule has 1 aromatic heterocycles. The second kappa shape index (κ2) is 5.66. The van der Waals surface area contributed by atoms with Crippen molar-refractivity contribution in [3.8, 4) is 0 Å². The number of nitrogens with zero attached hydrogens (tertiary/aromatic N) is 4. The largest absolute Gasteiger partial charge is 0.389 e. The summed E-state index contributed by atoms with van der Waals surface area (Å²) in [4.78, 5) is 13.5. The molecule has 2 rings (SSSR count). The Kier molecular flexibility index (Phi) is 4.30. The van der Waals surface area contributed by atoms with Crippen LogP contribution in [0.3, 0.4) is 0 Å². The molecule has 1 N–H and O–H groups in total. The molecule has 0 saturated carbocycles. The van der Waals surface area contributed by atoms with E-state index >= 15 is 0 Å². The number of aromatic nitrogens is 2. The molecule has 20 heavy (non-hydrogen) atoms. The maximum atomic E-state index is 9.94.